The van der Waals surface area contributed by atoms with Crippen molar-refractivity contribution in [2.45, 2.75) is 64.4 Å². The quantitative estimate of drug-likeness (QED) is 0.449. The molecule has 0 unspecified atom stereocenters. The minimum atomic E-state index is -0.758. The van der Waals surface area contributed by atoms with Gasteiger partial charge in [0, 0.05) is 19.4 Å². The maximum atomic E-state index is 9.91. The summed E-state index contributed by atoms with van der Waals surface area (Å²) >= 11 is 0. The van der Waals surface area contributed by atoms with Crippen LogP contribution in [-0.2, 0) is 9.47 Å². The van der Waals surface area contributed by atoms with Gasteiger partial charge in [-0.05, 0) is 13.3 Å². The van der Waals surface area contributed by atoms with Gasteiger partial charge in [-0.15, -0.1) is 5.92 Å². The van der Waals surface area contributed by atoms with Crippen LogP contribution in [0.1, 0.15) is 46.0 Å². The van der Waals surface area contributed by atoms with Crippen molar-refractivity contribution in [3.63, 3.8) is 0 Å². The van der Waals surface area contributed by atoms with E-state index in [2.05, 4.69) is 18.8 Å². The fraction of sp³-hybridized carbons (Fsp3) is 0.733. The standard InChI is InChI=1S/C15H24O3/c1-3-5-6-7-8-10-13(16)14-11-9-12-15(18-14)17-4-2/h9,11,13-16H,3-7,12H2,1-2H3/t13-,14-,15+/m1/s1. The lowest BCUT2D eigenvalue weighted by molar-refractivity contribution is -0.174. The molecule has 0 amide bonds. The van der Waals surface area contributed by atoms with E-state index in [-0.39, 0.29) is 12.4 Å². The molecule has 0 spiro atoms. The van der Waals surface area contributed by atoms with Crippen molar-refractivity contribution < 1.29 is 14.6 Å². The molecule has 0 saturated carbocycles. The molecule has 1 aliphatic rings. The lowest BCUT2D eigenvalue weighted by Gasteiger charge is -2.26. The first-order chi connectivity index (χ1) is 8.77. The molecule has 0 bridgehead atoms. The molecular weight excluding hydrogens is 228 g/mol. The Morgan fingerprint density at radius 1 is 1.44 bits per heavy atom. The van der Waals surface area contributed by atoms with E-state index in [4.69, 9.17) is 9.47 Å². The zero-order valence-corrected chi connectivity index (χ0v) is 11.4. The summed E-state index contributed by atoms with van der Waals surface area (Å²) in [5.74, 6) is 5.86. The average Bonchev–Trinajstić information content (AvgIpc) is 2.39. The van der Waals surface area contributed by atoms with Crippen LogP contribution in [0.2, 0.25) is 0 Å². The summed E-state index contributed by atoms with van der Waals surface area (Å²) in [4.78, 5) is 0. The molecule has 3 heteroatoms. The number of rotatable bonds is 6. The molecule has 18 heavy (non-hydrogen) atoms. The Bertz CT molecular complexity index is 301. The van der Waals surface area contributed by atoms with Crippen molar-refractivity contribution in [1.82, 2.24) is 0 Å². The highest BCUT2D eigenvalue weighted by Gasteiger charge is 2.23. The summed E-state index contributed by atoms with van der Waals surface area (Å²) < 4.78 is 11.0. The van der Waals surface area contributed by atoms with Crippen molar-refractivity contribution in [3.05, 3.63) is 12.2 Å². The normalized spacial score (nSPS) is 24.4. The van der Waals surface area contributed by atoms with Crippen LogP contribution < -0.4 is 0 Å². The number of ether oxygens (including phenoxy) is 2. The summed E-state index contributed by atoms with van der Waals surface area (Å²) in [7, 11) is 0. The molecule has 1 N–H and O–H groups in total. The lowest BCUT2D eigenvalue weighted by atomic mass is 10.1. The lowest BCUT2D eigenvalue weighted by Crippen LogP contribution is -2.34. The SMILES string of the molecule is CCCCCC#C[C@@H](O)[C@H]1C=CC[C@@H](OCC)O1. The van der Waals surface area contributed by atoms with Crippen LogP contribution in [-0.4, -0.2) is 30.2 Å². The van der Waals surface area contributed by atoms with Gasteiger partial charge in [0.05, 0.1) is 0 Å². The molecule has 0 fully saturated rings. The molecular formula is C15H24O3. The van der Waals surface area contributed by atoms with Crippen molar-refractivity contribution in [1.29, 1.82) is 0 Å². The van der Waals surface area contributed by atoms with Gasteiger partial charge in [0.25, 0.3) is 0 Å². The molecule has 1 heterocycles. The Kier molecular flexibility index (Phi) is 7.75. The van der Waals surface area contributed by atoms with Gasteiger partial charge in [0.15, 0.2) is 6.29 Å². The summed E-state index contributed by atoms with van der Waals surface area (Å²) in [6.07, 6.45) is 7.53. The molecule has 3 nitrogen and oxygen atoms in total. The monoisotopic (exact) mass is 252 g/mol. The second-order valence-corrected chi connectivity index (χ2v) is 4.37. The summed E-state index contributed by atoms with van der Waals surface area (Å²) in [5, 5.41) is 9.91. The minimum absolute atomic E-state index is 0.249. The van der Waals surface area contributed by atoms with E-state index in [9.17, 15) is 5.11 Å². The molecule has 1 aliphatic heterocycles. The predicted molar refractivity (Wildman–Crippen MR) is 72.0 cm³/mol. The fourth-order valence-corrected chi connectivity index (χ4v) is 1.80. The third-order valence-electron chi connectivity index (χ3n) is 2.78. The number of hydrogen-bond acceptors (Lipinski definition) is 3. The van der Waals surface area contributed by atoms with E-state index in [0.717, 1.165) is 19.3 Å². The second-order valence-electron chi connectivity index (χ2n) is 4.37. The van der Waals surface area contributed by atoms with E-state index in [1.807, 2.05) is 19.1 Å². The highest BCUT2D eigenvalue weighted by atomic mass is 16.7. The van der Waals surface area contributed by atoms with Crippen molar-refractivity contribution in [3.8, 4) is 11.8 Å². The first-order valence-electron chi connectivity index (χ1n) is 6.88. The van der Waals surface area contributed by atoms with Gasteiger partial charge in [-0.3, -0.25) is 0 Å². The van der Waals surface area contributed by atoms with Crippen molar-refractivity contribution >= 4 is 0 Å². The Morgan fingerprint density at radius 3 is 3.00 bits per heavy atom. The van der Waals surface area contributed by atoms with Crippen LogP contribution in [0.5, 0.6) is 0 Å². The Hall–Kier alpha value is -0.820. The van der Waals surface area contributed by atoms with Crippen LogP contribution in [0.25, 0.3) is 0 Å². The van der Waals surface area contributed by atoms with E-state index in [1.54, 1.807) is 0 Å². The number of unbranched alkanes of at least 4 members (excludes halogenated alkanes) is 3. The maximum absolute atomic E-state index is 9.91. The minimum Gasteiger partial charge on any atom is -0.377 e. The largest absolute Gasteiger partial charge is 0.377 e. The van der Waals surface area contributed by atoms with E-state index in [1.165, 1.54) is 12.8 Å². The van der Waals surface area contributed by atoms with Crippen LogP contribution in [0.3, 0.4) is 0 Å². The molecule has 3 atom stereocenters. The Morgan fingerprint density at radius 2 is 2.28 bits per heavy atom. The summed E-state index contributed by atoms with van der Waals surface area (Å²) in [6, 6.07) is 0. The first-order valence-corrected chi connectivity index (χ1v) is 6.88. The molecule has 102 valence electrons. The summed E-state index contributed by atoms with van der Waals surface area (Å²) in [6.45, 7) is 4.71. The smallest absolute Gasteiger partial charge is 0.161 e. The topological polar surface area (TPSA) is 38.7 Å². The van der Waals surface area contributed by atoms with Crippen LogP contribution in [0.15, 0.2) is 12.2 Å². The first kappa shape index (κ1) is 15.2. The zero-order chi connectivity index (χ0) is 13.2. The van der Waals surface area contributed by atoms with Gasteiger partial charge < -0.3 is 14.6 Å². The average molecular weight is 252 g/mol. The molecule has 0 saturated heterocycles. The van der Waals surface area contributed by atoms with E-state index >= 15 is 0 Å². The number of aliphatic hydroxyl groups excluding tert-OH is 1. The van der Waals surface area contributed by atoms with Gasteiger partial charge in [-0.2, -0.15) is 0 Å². The zero-order valence-electron chi connectivity index (χ0n) is 11.4. The summed E-state index contributed by atoms with van der Waals surface area (Å²) in [5.41, 5.74) is 0. The molecule has 0 radical (unpaired) electrons. The molecule has 0 aliphatic carbocycles. The van der Waals surface area contributed by atoms with Gasteiger partial charge in [-0.25, -0.2) is 0 Å². The van der Waals surface area contributed by atoms with E-state index < -0.39 is 6.10 Å². The Labute approximate surface area is 110 Å². The third kappa shape index (κ3) is 5.68. The van der Waals surface area contributed by atoms with Crippen molar-refractivity contribution in [2.75, 3.05) is 6.61 Å². The third-order valence-corrected chi connectivity index (χ3v) is 2.78. The second kappa shape index (κ2) is 9.16. The van der Waals surface area contributed by atoms with Crippen molar-refractivity contribution in [2.24, 2.45) is 0 Å². The molecule has 0 aromatic rings. The van der Waals surface area contributed by atoms with E-state index in [0.29, 0.717) is 6.61 Å². The predicted octanol–water partition coefficient (Wildman–Crippen LogP) is 2.64. The van der Waals surface area contributed by atoms with Crippen LogP contribution in [0, 0.1) is 11.8 Å². The maximum Gasteiger partial charge on any atom is 0.161 e. The fourth-order valence-electron chi connectivity index (χ4n) is 1.80. The van der Waals surface area contributed by atoms with Gasteiger partial charge in [0.2, 0.25) is 0 Å². The van der Waals surface area contributed by atoms with Crippen LogP contribution >= 0.6 is 0 Å². The number of aliphatic hydroxyl groups is 1. The molecule has 0 aromatic carbocycles. The highest BCUT2D eigenvalue weighted by molar-refractivity contribution is 5.12. The van der Waals surface area contributed by atoms with Gasteiger partial charge >= 0.3 is 0 Å². The Balaban J connectivity index is 2.34. The van der Waals surface area contributed by atoms with Gasteiger partial charge in [-0.1, -0.05) is 37.8 Å². The van der Waals surface area contributed by atoms with Crippen LogP contribution in [0.4, 0.5) is 0 Å². The highest BCUT2D eigenvalue weighted by Crippen LogP contribution is 2.15. The van der Waals surface area contributed by atoms with Gasteiger partial charge in [0.1, 0.15) is 12.2 Å². The molecule has 0 aromatic heterocycles. The number of hydrogen-bond donors (Lipinski definition) is 1. The molecule has 1 rings (SSSR count).